The van der Waals surface area contributed by atoms with E-state index in [4.69, 9.17) is 11.6 Å². The summed E-state index contributed by atoms with van der Waals surface area (Å²) in [5.74, 6) is 0. The van der Waals surface area contributed by atoms with Crippen LogP contribution in [-0.4, -0.2) is 0 Å². The predicted molar refractivity (Wildman–Crippen MR) is 96.5 cm³/mol. The van der Waals surface area contributed by atoms with Gasteiger partial charge in [0, 0.05) is 18.4 Å². The quantitative estimate of drug-likeness (QED) is 0.354. The molecule has 0 saturated heterocycles. The Morgan fingerprint density at radius 1 is 0.947 bits per heavy atom. The van der Waals surface area contributed by atoms with Gasteiger partial charge in [0.2, 0.25) is 0 Å². The smallest absolute Gasteiger partial charge is 0.0670 e. The van der Waals surface area contributed by atoms with Gasteiger partial charge in [0.05, 0.1) is 4.83 Å². The zero-order chi connectivity index (χ0) is 14.2. The first-order valence-corrected chi connectivity index (χ1v) is 9.12. The molecule has 2 aromatic rings. The van der Waals surface area contributed by atoms with Crippen molar-refractivity contribution in [1.29, 1.82) is 0 Å². The van der Waals surface area contributed by atoms with Gasteiger partial charge in [-0.2, -0.15) is 0 Å². The van der Waals surface area contributed by atoms with Crippen LogP contribution in [0.25, 0.3) is 0 Å². The fourth-order valence-electron chi connectivity index (χ4n) is 1.73. The third-order valence-corrected chi connectivity index (χ3v) is 6.13. The van der Waals surface area contributed by atoms with E-state index in [2.05, 4.69) is 82.8 Å². The van der Waals surface area contributed by atoms with Gasteiger partial charge in [0.1, 0.15) is 0 Å². The minimum absolute atomic E-state index is 0.0411. The Hall–Kier alpha value is 0.650. The highest BCUT2D eigenvalue weighted by Gasteiger charge is 2.17. The van der Waals surface area contributed by atoms with Crippen molar-refractivity contribution in [2.75, 3.05) is 0 Å². The maximum absolute atomic E-state index is 6.31. The molecular formula is C14H9Br4Cl. The first-order valence-electron chi connectivity index (χ1n) is 5.44. The summed E-state index contributed by atoms with van der Waals surface area (Å²) in [5.41, 5.74) is 3.38. The number of alkyl halides is 1. The van der Waals surface area contributed by atoms with E-state index < -0.39 is 0 Å². The predicted octanol–water partition coefficient (Wildman–Crippen LogP) is 7.42. The summed E-state index contributed by atoms with van der Waals surface area (Å²) in [6.07, 6.45) is 0. The Kier molecular flexibility index (Phi) is 5.58. The number of rotatable bonds is 2. The van der Waals surface area contributed by atoms with E-state index in [1.807, 2.05) is 18.2 Å². The Labute approximate surface area is 151 Å². The highest BCUT2D eigenvalue weighted by Crippen LogP contribution is 2.41. The average molecular weight is 532 g/mol. The standard InChI is InChI=1S/C14H9Br4Cl/c1-7-4-12(17)10(6-11(7)16)14(18)9-3-2-8(15)5-13(9)19/h2-6,14H,1H3. The first-order chi connectivity index (χ1) is 8.90. The molecule has 2 aromatic carbocycles. The van der Waals surface area contributed by atoms with Crippen molar-refractivity contribution in [3.63, 3.8) is 0 Å². The monoisotopic (exact) mass is 528 g/mol. The summed E-state index contributed by atoms with van der Waals surface area (Å²) in [6.45, 7) is 2.06. The first kappa shape index (κ1) is 16.0. The zero-order valence-electron chi connectivity index (χ0n) is 9.85. The second-order valence-corrected chi connectivity index (χ2v) is 8.10. The molecule has 1 atom stereocenters. The van der Waals surface area contributed by atoms with E-state index in [1.165, 1.54) is 5.56 Å². The number of halogens is 5. The molecule has 0 nitrogen and oxygen atoms in total. The lowest BCUT2D eigenvalue weighted by molar-refractivity contribution is 1.15. The van der Waals surface area contributed by atoms with Crippen molar-refractivity contribution in [1.82, 2.24) is 0 Å². The Balaban J connectivity index is 2.49. The third kappa shape index (κ3) is 3.65. The summed E-state index contributed by atoms with van der Waals surface area (Å²) in [5, 5.41) is 0.736. The van der Waals surface area contributed by atoms with Gasteiger partial charge in [-0.3, -0.25) is 0 Å². The van der Waals surface area contributed by atoms with Crippen molar-refractivity contribution < 1.29 is 0 Å². The van der Waals surface area contributed by atoms with Crippen molar-refractivity contribution in [2.24, 2.45) is 0 Å². The molecule has 0 heterocycles. The third-order valence-electron chi connectivity index (χ3n) is 2.79. The number of aryl methyl sites for hydroxylation is 1. The highest BCUT2D eigenvalue weighted by atomic mass is 79.9. The van der Waals surface area contributed by atoms with Crippen LogP contribution in [0, 0.1) is 6.92 Å². The molecule has 0 aromatic heterocycles. The largest absolute Gasteiger partial charge is 0.0839 e. The van der Waals surface area contributed by atoms with Crippen molar-refractivity contribution in [3.05, 3.63) is 65.5 Å². The second kappa shape index (κ2) is 6.61. The van der Waals surface area contributed by atoms with Crippen molar-refractivity contribution >= 4 is 75.3 Å². The molecule has 0 amide bonds. The Morgan fingerprint density at radius 3 is 2.26 bits per heavy atom. The van der Waals surface area contributed by atoms with Crippen LogP contribution in [0.3, 0.4) is 0 Å². The van der Waals surface area contributed by atoms with E-state index in [0.717, 1.165) is 29.6 Å². The summed E-state index contributed by atoms with van der Waals surface area (Å²) in [6, 6.07) is 10.1. The molecule has 100 valence electrons. The molecule has 0 bridgehead atoms. The van der Waals surface area contributed by atoms with Crippen LogP contribution in [-0.2, 0) is 0 Å². The summed E-state index contributed by atoms with van der Waals surface area (Å²) < 4.78 is 3.13. The van der Waals surface area contributed by atoms with Gasteiger partial charge in [0.25, 0.3) is 0 Å². The maximum atomic E-state index is 6.31. The molecule has 0 radical (unpaired) electrons. The average Bonchev–Trinajstić information content (AvgIpc) is 2.33. The van der Waals surface area contributed by atoms with Gasteiger partial charge in [-0.05, 0) is 47.9 Å². The van der Waals surface area contributed by atoms with Gasteiger partial charge in [-0.25, -0.2) is 0 Å². The highest BCUT2D eigenvalue weighted by molar-refractivity contribution is 9.11. The number of hydrogen-bond donors (Lipinski definition) is 0. The topological polar surface area (TPSA) is 0 Å². The fraction of sp³-hybridized carbons (Fsp3) is 0.143. The lowest BCUT2D eigenvalue weighted by Crippen LogP contribution is -1.96. The van der Waals surface area contributed by atoms with Crippen LogP contribution in [0.1, 0.15) is 21.5 Å². The number of benzene rings is 2. The summed E-state index contributed by atoms with van der Waals surface area (Å²) >= 11 is 20.6. The van der Waals surface area contributed by atoms with Gasteiger partial charge < -0.3 is 0 Å². The van der Waals surface area contributed by atoms with E-state index in [1.54, 1.807) is 0 Å². The molecule has 19 heavy (non-hydrogen) atoms. The molecule has 0 spiro atoms. The number of hydrogen-bond acceptors (Lipinski definition) is 0. The molecule has 0 N–H and O–H groups in total. The molecule has 1 unspecified atom stereocenters. The van der Waals surface area contributed by atoms with Crippen LogP contribution in [0.4, 0.5) is 0 Å². The van der Waals surface area contributed by atoms with E-state index in [9.17, 15) is 0 Å². The van der Waals surface area contributed by atoms with Crippen molar-refractivity contribution in [3.8, 4) is 0 Å². The van der Waals surface area contributed by atoms with E-state index >= 15 is 0 Å². The minimum Gasteiger partial charge on any atom is -0.0839 e. The van der Waals surface area contributed by atoms with Crippen LogP contribution < -0.4 is 0 Å². The maximum Gasteiger partial charge on any atom is 0.0670 e. The fourth-order valence-corrected chi connectivity index (χ4v) is 4.78. The lowest BCUT2D eigenvalue weighted by atomic mass is 10.0. The van der Waals surface area contributed by atoms with Crippen LogP contribution in [0.2, 0.25) is 5.02 Å². The molecule has 0 aliphatic rings. The van der Waals surface area contributed by atoms with Crippen molar-refractivity contribution in [2.45, 2.75) is 11.8 Å². The normalized spacial score (nSPS) is 12.5. The summed E-state index contributed by atoms with van der Waals surface area (Å²) in [4.78, 5) is 0.0411. The molecule has 0 aliphatic heterocycles. The van der Waals surface area contributed by atoms with Crippen LogP contribution >= 0.6 is 75.3 Å². The van der Waals surface area contributed by atoms with Crippen LogP contribution in [0.15, 0.2) is 43.7 Å². The molecule has 2 rings (SSSR count). The molecule has 5 heteroatoms. The SMILES string of the molecule is Cc1cc(Br)c(C(Br)c2ccc(Br)cc2Cl)cc1Br. The van der Waals surface area contributed by atoms with Crippen LogP contribution in [0.5, 0.6) is 0 Å². The summed E-state index contributed by atoms with van der Waals surface area (Å²) in [7, 11) is 0. The van der Waals surface area contributed by atoms with Gasteiger partial charge >= 0.3 is 0 Å². The second-order valence-electron chi connectivity index (χ2n) is 4.15. The Bertz CT molecular complexity index is 625. The van der Waals surface area contributed by atoms with E-state index in [0.29, 0.717) is 0 Å². The van der Waals surface area contributed by atoms with E-state index in [-0.39, 0.29) is 4.83 Å². The van der Waals surface area contributed by atoms with Gasteiger partial charge in [-0.1, -0.05) is 81.4 Å². The van der Waals surface area contributed by atoms with Gasteiger partial charge in [-0.15, -0.1) is 0 Å². The molecule has 0 saturated carbocycles. The Morgan fingerprint density at radius 2 is 1.63 bits per heavy atom. The van der Waals surface area contributed by atoms with Gasteiger partial charge in [0.15, 0.2) is 0 Å². The molecule has 0 aliphatic carbocycles. The molecule has 0 fully saturated rings. The minimum atomic E-state index is 0.0411. The lowest BCUT2D eigenvalue weighted by Gasteiger charge is -2.16. The zero-order valence-corrected chi connectivity index (χ0v) is 17.0. The molecular weight excluding hydrogens is 523 g/mol.